The van der Waals surface area contributed by atoms with Gasteiger partial charge < -0.3 is 0 Å². The highest BCUT2D eigenvalue weighted by molar-refractivity contribution is 5.92. The minimum atomic E-state index is -0.309. The lowest BCUT2D eigenvalue weighted by Crippen LogP contribution is -2.14. The first-order chi connectivity index (χ1) is 15.4. The number of ketones is 1. The van der Waals surface area contributed by atoms with E-state index in [1.807, 2.05) is 18.2 Å². The van der Waals surface area contributed by atoms with Crippen molar-refractivity contribution >= 4 is 28.2 Å². The smallest absolute Gasteiger partial charge is 0.273 e. The second kappa shape index (κ2) is 7.38. The number of nitrogens with one attached hydrogen (secondary N) is 1. The second-order valence-corrected chi connectivity index (χ2v) is 7.55. The van der Waals surface area contributed by atoms with E-state index < -0.39 is 0 Å². The molecule has 0 aliphatic heterocycles. The molecule has 5 rings (SSSR count). The fourth-order valence-electron chi connectivity index (χ4n) is 3.83. The average molecular weight is 426 g/mol. The number of Topliss-reactive ketones (excluding diaryl/α,β-unsaturated/α-hetero) is 1. The van der Waals surface area contributed by atoms with E-state index in [0.29, 0.717) is 39.4 Å². The van der Waals surface area contributed by atoms with Crippen LogP contribution < -0.4 is 5.56 Å². The van der Waals surface area contributed by atoms with Crippen LogP contribution in [0.15, 0.2) is 59.7 Å². The number of fused-ring (bicyclic) bond motifs is 2. The maximum absolute atomic E-state index is 12.9. The number of aromatic nitrogens is 6. The summed E-state index contributed by atoms with van der Waals surface area (Å²) >= 11 is 0. The molecule has 9 nitrogen and oxygen atoms in total. The van der Waals surface area contributed by atoms with Crippen molar-refractivity contribution in [2.75, 3.05) is 0 Å². The number of pyridine rings is 1. The third kappa shape index (κ3) is 3.20. The van der Waals surface area contributed by atoms with Crippen molar-refractivity contribution in [3.63, 3.8) is 0 Å². The number of hydrogen-bond donors (Lipinski definition) is 1. The molecule has 4 aromatic heterocycles. The van der Waals surface area contributed by atoms with E-state index >= 15 is 0 Å². The van der Waals surface area contributed by atoms with Gasteiger partial charge in [-0.3, -0.25) is 24.5 Å². The summed E-state index contributed by atoms with van der Waals surface area (Å²) in [5.41, 5.74) is 3.75. The number of H-pyrrole nitrogens is 1. The van der Waals surface area contributed by atoms with E-state index in [4.69, 9.17) is 4.98 Å². The summed E-state index contributed by atoms with van der Waals surface area (Å²) in [5.74, 6) is -0.231. The Kier molecular flexibility index (Phi) is 4.51. The zero-order valence-corrected chi connectivity index (χ0v) is 17.4. The molecule has 158 valence electrons. The predicted octanol–water partition coefficient (Wildman–Crippen LogP) is 2.89. The third-order valence-corrected chi connectivity index (χ3v) is 5.20. The van der Waals surface area contributed by atoms with Crippen LogP contribution in [0, 0.1) is 0 Å². The van der Waals surface area contributed by atoms with Crippen molar-refractivity contribution in [1.82, 2.24) is 29.4 Å². The molecule has 1 N–H and O–H groups in total. The van der Waals surface area contributed by atoms with Gasteiger partial charge in [0.05, 0.1) is 34.4 Å². The molecule has 0 radical (unpaired) electrons. The molecule has 0 bridgehead atoms. The van der Waals surface area contributed by atoms with Crippen LogP contribution in [0.2, 0.25) is 0 Å². The maximum atomic E-state index is 12.9. The molecule has 0 aliphatic rings. The van der Waals surface area contributed by atoms with Gasteiger partial charge in [0.15, 0.2) is 5.65 Å². The summed E-state index contributed by atoms with van der Waals surface area (Å²) in [6.45, 7) is 2.94. The van der Waals surface area contributed by atoms with E-state index in [9.17, 15) is 14.4 Å². The van der Waals surface area contributed by atoms with Gasteiger partial charge >= 0.3 is 0 Å². The number of hydrogen-bond acceptors (Lipinski definition) is 6. The van der Waals surface area contributed by atoms with Gasteiger partial charge in [0, 0.05) is 36.6 Å². The van der Waals surface area contributed by atoms with E-state index in [2.05, 4.69) is 15.2 Å². The topological polar surface area (TPSA) is 115 Å². The molecule has 5 aromatic rings. The Balaban J connectivity index is 1.74. The van der Waals surface area contributed by atoms with Crippen LogP contribution >= 0.6 is 0 Å². The standard InChI is InChI=1S/C23H18N6O3/c1-13(30)9-19-22(17-5-3-4-8-24-17)23-26-18(11-21(32)29(23)27-19)15-6-7-20-16(10-15)12-25-28(20)14(2)31/h3-8,10-12,27H,9H2,1-2H3. The van der Waals surface area contributed by atoms with E-state index in [1.54, 1.807) is 30.6 Å². The molecular weight excluding hydrogens is 408 g/mol. The average Bonchev–Trinajstić information content (AvgIpc) is 3.35. The molecule has 0 aliphatic carbocycles. The van der Waals surface area contributed by atoms with Gasteiger partial charge in [-0.25, -0.2) is 14.2 Å². The Morgan fingerprint density at radius 3 is 2.62 bits per heavy atom. The zero-order chi connectivity index (χ0) is 22.4. The van der Waals surface area contributed by atoms with E-state index in [-0.39, 0.29) is 23.7 Å². The molecule has 9 heteroatoms. The van der Waals surface area contributed by atoms with Gasteiger partial charge in [0.1, 0.15) is 5.78 Å². The predicted molar refractivity (Wildman–Crippen MR) is 118 cm³/mol. The van der Waals surface area contributed by atoms with Gasteiger partial charge in [0.2, 0.25) is 5.91 Å². The van der Waals surface area contributed by atoms with Gasteiger partial charge in [-0.05, 0) is 31.2 Å². The van der Waals surface area contributed by atoms with Gasteiger partial charge in [-0.1, -0.05) is 12.1 Å². The monoisotopic (exact) mass is 426 g/mol. The fourth-order valence-corrected chi connectivity index (χ4v) is 3.83. The number of carbonyl (C=O) groups excluding carboxylic acids is 2. The number of nitrogens with zero attached hydrogens (tertiary/aromatic N) is 5. The highest BCUT2D eigenvalue weighted by Gasteiger charge is 2.19. The van der Waals surface area contributed by atoms with Crippen LogP contribution in [0.25, 0.3) is 39.1 Å². The fraction of sp³-hybridized carbons (Fsp3) is 0.130. The number of benzene rings is 1. The lowest BCUT2D eigenvalue weighted by Gasteiger charge is -2.04. The molecule has 0 fully saturated rings. The van der Waals surface area contributed by atoms with Gasteiger partial charge in [0.25, 0.3) is 5.56 Å². The first-order valence-electron chi connectivity index (χ1n) is 9.97. The quantitative estimate of drug-likeness (QED) is 0.473. The molecule has 0 spiro atoms. The number of carbonyl (C=O) groups is 2. The number of rotatable bonds is 4. The first-order valence-corrected chi connectivity index (χ1v) is 9.97. The Morgan fingerprint density at radius 1 is 1.06 bits per heavy atom. The minimum Gasteiger partial charge on any atom is -0.300 e. The maximum Gasteiger partial charge on any atom is 0.273 e. The van der Waals surface area contributed by atoms with E-state index in [0.717, 1.165) is 5.39 Å². The molecule has 1 aromatic carbocycles. The van der Waals surface area contributed by atoms with Crippen molar-refractivity contribution in [3.05, 3.63) is 70.9 Å². The first kappa shape index (κ1) is 19.6. The Morgan fingerprint density at radius 2 is 1.91 bits per heavy atom. The lowest BCUT2D eigenvalue weighted by atomic mass is 10.1. The Hall–Kier alpha value is -4.40. The van der Waals surface area contributed by atoms with Crippen LogP contribution in [-0.4, -0.2) is 41.1 Å². The third-order valence-electron chi connectivity index (χ3n) is 5.20. The molecule has 0 unspecified atom stereocenters. The summed E-state index contributed by atoms with van der Waals surface area (Å²) in [5, 5.41) is 7.89. The highest BCUT2D eigenvalue weighted by Crippen LogP contribution is 2.28. The van der Waals surface area contributed by atoms with Crippen LogP contribution in [-0.2, 0) is 11.2 Å². The van der Waals surface area contributed by atoms with Crippen LogP contribution in [0.5, 0.6) is 0 Å². The second-order valence-electron chi connectivity index (χ2n) is 7.55. The van der Waals surface area contributed by atoms with Crippen LogP contribution in [0.4, 0.5) is 0 Å². The summed E-state index contributed by atoms with van der Waals surface area (Å²) in [6.07, 6.45) is 3.38. The summed E-state index contributed by atoms with van der Waals surface area (Å²) in [7, 11) is 0. The van der Waals surface area contributed by atoms with Crippen molar-refractivity contribution < 1.29 is 9.59 Å². The van der Waals surface area contributed by atoms with Gasteiger partial charge in [-0.15, -0.1) is 0 Å². The summed E-state index contributed by atoms with van der Waals surface area (Å²) in [4.78, 5) is 45.7. The molecule has 0 saturated carbocycles. The summed E-state index contributed by atoms with van der Waals surface area (Å²) < 4.78 is 2.65. The van der Waals surface area contributed by atoms with E-state index in [1.165, 1.54) is 29.1 Å². The molecule has 32 heavy (non-hydrogen) atoms. The molecular formula is C23H18N6O3. The zero-order valence-electron chi connectivity index (χ0n) is 17.4. The normalized spacial score (nSPS) is 11.3. The molecule has 0 atom stereocenters. The Bertz CT molecular complexity index is 1580. The molecule has 4 heterocycles. The largest absolute Gasteiger partial charge is 0.300 e. The summed E-state index contributed by atoms with van der Waals surface area (Å²) in [6, 6.07) is 12.3. The minimum absolute atomic E-state index is 0.0463. The highest BCUT2D eigenvalue weighted by atomic mass is 16.2. The van der Waals surface area contributed by atoms with Gasteiger partial charge in [-0.2, -0.15) is 5.10 Å². The number of aromatic amines is 1. The van der Waals surface area contributed by atoms with Crippen molar-refractivity contribution in [2.24, 2.45) is 0 Å². The lowest BCUT2D eigenvalue weighted by molar-refractivity contribution is -0.116. The molecule has 0 saturated heterocycles. The molecule has 0 amide bonds. The van der Waals surface area contributed by atoms with Crippen molar-refractivity contribution in [1.29, 1.82) is 0 Å². The van der Waals surface area contributed by atoms with Crippen LogP contribution in [0.1, 0.15) is 24.3 Å². The Labute approximate surface area is 181 Å². The van der Waals surface area contributed by atoms with Crippen molar-refractivity contribution in [3.8, 4) is 22.5 Å². The SMILES string of the molecule is CC(=O)Cc1[nH]n2c(=O)cc(-c3ccc4c(cnn4C(C)=O)c3)nc2c1-c1ccccn1. The van der Waals surface area contributed by atoms with Crippen LogP contribution in [0.3, 0.4) is 0 Å². The van der Waals surface area contributed by atoms with Crippen molar-refractivity contribution in [2.45, 2.75) is 20.3 Å².